The molecule has 104 valence electrons. The number of hydrogen-bond donors (Lipinski definition) is 1. The molecule has 1 aliphatic rings. The normalized spacial score (nSPS) is 15.2. The highest BCUT2D eigenvalue weighted by atomic mass is 19.1. The lowest BCUT2D eigenvalue weighted by molar-refractivity contribution is 0.122. The molecular weight excluding hydrogens is 259 g/mol. The summed E-state index contributed by atoms with van der Waals surface area (Å²) in [7, 11) is 0. The van der Waals surface area contributed by atoms with Crippen molar-refractivity contribution in [1.29, 1.82) is 0 Å². The Kier molecular flexibility index (Phi) is 3.73. The Morgan fingerprint density at radius 2 is 1.85 bits per heavy atom. The first-order valence-electron chi connectivity index (χ1n) is 6.49. The molecule has 0 spiro atoms. The van der Waals surface area contributed by atoms with Gasteiger partial charge in [0.2, 0.25) is 5.95 Å². The molecule has 0 saturated carbocycles. The van der Waals surface area contributed by atoms with Crippen molar-refractivity contribution in [2.24, 2.45) is 0 Å². The Balaban J connectivity index is 1.75. The number of nitrogens with one attached hydrogen (secondary N) is 1. The minimum Gasteiger partial charge on any atom is -0.378 e. The molecule has 2 heterocycles. The predicted molar refractivity (Wildman–Crippen MR) is 74.7 cm³/mol. The van der Waals surface area contributed by atoms with Crippen molar-refractivity contribution in [3.8, 4) is 0 Å². The molecule has 0 atom stereocenters. The van der Waals surface area contributed by atoms with Crippen LogP contribution < -0.4 is 10.2 Å². The van der Waals surface area contributed by atoms with Gasteiger partial charge in [-0.25, -0.2) is 9.37 Å². The molecule has 20 heavy (non-hydrogen) atoms. The van der Waals surface area contributed by atoms with E-state index in [1.54, 1.807) is 18.3 Å². The highest BCUT2D eigenvalue weighted by Gasteiger charge is 2.12. The maximum absolute atomic E-state index is 12.9. The van der Waals surface area contributed by atoms with Crippen LogP contribution in [0.4, 0.5) is 21.8 Å². The van der Waals surface area contributed by atoms with Gasteiger partial charge in [0.25, 0.3) is 0 Å². The Bertz CT molecular complexity index is 570. The van der Waals surface area contributed by atoms with Crippen LogP contribution in [-0.4, -0.2) is 36.3 Å². The van der Waals surface area contributed by atoms with E-state index in [1.165, 1.54) is 12.1 Å². The summed E-state index contributed by atoms with van der Waals surface area (Å²) >= 11 is 0. The quantitative estimate of drug-likeness (QED) is 0.929. The standard InChI is InChI=1S/C14H15FN4O/c15-11-1-3-12(4-2-11)17-14-16-6-5-13(18-14)19-7-9-20-10-8-19/h1-6H,7-10H2,(H,16,17,18). The predicted octanol–water partition coefficient (Wildman–Crippen LogP) is 2.20. The van der Waals surface area contributed by atoms with E-state index in [0.29, 0.717) is 19.2 Å². The first-order chi connectivity index (χ1) is 9.81. The van der Waals surface area contributed by atoms with Crippen LogP contribution in [0.3, 0.4) is 0 Å². The van der Waals surface area contributed by atoms with E-state index >= 15 is 0 Å². The summed E-state index contributed by atoms with van der Waals surface area (Å²) in [4.78, 5) is 10.8. The molecule has 5 nitrogen and oxygen atoms in total. The molecule has 2 aromatic rings. The summed E-state index contributed by atoms with van der Waals surface area (Å²) in [5.74, 6) is 1.10. The zero-order valence-electron chi connectivity index (χ0n) is 10.9. The highest BCUT2D eigenvalue weighted by Crippen LogP contribution is 2.17. The summed E-state index contributed by atoms with van der Waals surface area (Å²) in [6.45, 7) is 3.08. The van der Waals surface area contributed by atoms with Gasteiger partial charge in [-0.3, -0.25) is 0 Å². The lowest BCUT2D eigenvalue weighted by Crippen LogP contribution is -2.36. The second kappa shape index (κ2) is 5.83. The van der Waals surface area contributed by atoms with Gasteiger partial charge in [0.05, 0.1) is 13.2 Å². The van der Waals surface area contributed by atoms with E-state index in [9.17, 15) is 4.39 Å². The smallest absolute Gasteiger partial charge is 0.229 e. The molecule has 1 aromatic heterocycles. The van der Waals surface area contributed by atoms with Crippen LogP contribution in [0.25, 0.3) is 0 Å². The van der Waals surface area contributed by atoms with Crippen LogP contribution in [0.5, 0.6) is 0 Å². The van der Waals surface area contributed by atoms with Crippen LogP contribution >= 0.6 is 0 Å². The molecule has 0 aliphatic carbocycles. The van der Waals surface area contributed by atoms with Gasteiger partial charge in [0.15, 0.2) is 0 Å². The molecule has 0 radical (unpaired) electrons. The van der Waals surface area contributed by atoms with E-state index in [2.05, 4.69) is 20.2 Å². The number of hydrogen-bond acceptors (Lipinski definition) is 5. The second-order valence-electron chi connectivity index (χ2n) is 4.47. The Morgan fingerprint density at radius 3 is 2.60 bits per heavy atom. The summed E-state index contributed by atoms with van der Waals surface area (Å²) in [5.41, 5.74) is 0.755. The number of morpholine rings is 1. The molecule has 1 aliphatic heterocycles. The second-order valence-corrected chi connectivity index (χ2v) is 4.47. The van der Waals surface area contributed by atoms with Crippen LogP contribution in [0.15, 0.2) is 36.5 Å². The van der Waals surface area contributed by atoms with Gasteiger partial charge in [-0.2, -0.15) is 4.98 Å². The fourth-order valence-electron chi connectivity index (χ4n) is 2.04. The number of ether oxygens (including phenoxy) is 1. The number of benzene rings is 1. The van der Waals surface area contributed by atoms with Crippen molar-refractivity contribution in [2.75, 3.05) is 36.5 Å². The highest BCUT2D eigenvalue weighted by molar-refractivity contribution is 5.54. The lowest BCUT2D eigenvalue weighted by Gasteiger charge is -2.27. The number of halogens is 1. The summed E-state index contributed by atoms with van der Waals surface area (Å²) in [6, 6.07) is 7.98. The van der Waals surface area contributed by atoms with E-state index < -0.39 is 0 Å². The van der Waals surface area contributed by atoms with E-state index in [1.807, 2.05) is 6.07 Å². The van der Waals surface area contributed by atoms with Crippen molar-refractivity contribution >= 4 is 17.5 Å². The van der Waals surface area contributed by atoms with Crippen molar-refractivity contribution in [2.45, 2.75) is 0 Å². The molecule has 1 N–H and O–H groups in total. The molecule has 6 heteroatoms. The van der Waals surface area contributed by atoms with E-state index in [4.69, 9.17) is 4.74 Å². The third-order valence-corrected chi connectivity index (χ3v) is 3.08. The third kappa shape index (κ3) is 3.03. The van der Waals surface area contributed by atoms with Gasteiger partial charge in [0, 0.05) is 25.0 Å². The summed E-state index contributed by atoms with van der Waals surface area (Å²) in [5, 5.41) is 3.06. The Labute approximate surface area is 116 Å². The van der Waals surface area contributed by atoms with Gasteiger partial charge in [-0.1, -0.05) is 0 Å². The molecule has 1 saturated heterocycles. The first kappa shape index (κ1) is 12.8. The molecule has 3 rings (SSSR count). The fourth-order valence-corrected chi connectivity index (χ4v) is 2.04. The van der Waals surface area contributed by atoms with Crippen molar-refractivity contribution in [3.63, 3.8) is 0 Å². The lowest BCUT2D eigenvalue weighted by atomic mass is 10.3. The van der Waals surface area contributed by atoms with E-state index in [-0.39, 0.29) is 5.82 Å². The first-order valence-corrected chi connectivity index (χ1v) is 6.49. The minimum atomic E-state index is -0.265. The van der Waals surface area contributed by atoms with E-state index in [0.717, 1.165) is 24.6 Å². The fraction of sp³-hybridized carbons (Fsp3) is 0.286. The monoisotopic (exact) mass is 274 g/mol. The number of anilines is 3. The summed E-state index contributed by atoms with van der Waals surface area (Å²) in [6.07, 6.45) is 1.71. The van der Waals surface area contributed by atoms with Gasteiger partial charge in [-0.15, -0.1) is 0 Å². The maximum atomic E-state index is 12.9. The number of aromatic nitrogens is 2. The number of nitrogens with zero attached hydrogens (tertiary/aromatic N) is 3. The topological polar surface area (TPSA) is 50.3 Å². The average Bonchev–Trinajstić information content (AvgIpc) is 2.51. The van der Waals surface area contributed by atoms with Crippen molar-refractivity contribution < 1.29 is 9.13 Å². The largest absolute Gasteiger partial charge is 0.378 e. The Hall–Kier alpha value is -2.21. The number of rotatable bonds is 3. The van der Waals surface area contributed by atoms with Gasteiger partial charge < -0.3 is 15.0 Å². The molecular formula is C14H15FN4O. The van der Waals surface area contributed by atoms with Crippen LogP contribution in [0.2, 0.25) is 0 Å². The SMILES string of the molecule is Fc1ccc(Nc2nccc(N3CCOCC3)n2)cc1. The molecule has 0 bridgehead atoms. The zero-order valence-corrected chi connectivity index (χ0v) is 10.9. The van der Waals surface area contributed by atoms with Crippen LogP contribution in [0, 0.1) is 5.82 Å². The summed E-state index contributed by atoms with van der Waals surface area (Å²) < 4.78 is 18.2. The maximum Gasteiger partial charge on any atom is 0.229 e. The third-order valence-electron chi connectivity index (χ3n) is 3.08. The average molecular weight is 274 g/mol. The molecule has 1 fully saturated rings. The van der Waals surface area contributed by atoms with Crippen LogP contribution in [0.1, 0.15) is 0 Å². The molecule has 1 aromatic carbocycles. The van der Waals surface area contributed by atoms with Crippen molar-refractivity contribution in [1.82, 2.24) is 9.97 Å². The van der Waals surface area contributed by atoms with Gasteiger partial charge in [-0.05, 0) is 30.3 Å². The Morgan fingerprint density at radius 1 is 1.10 bits per heavy atom. The van der Waals surface area contributed by atoms with Gasteiger partial charge >= 0.3 is 0 Å². The molecule has 0 unspecified atom stereocenters. The minimum absolute atomic E-state index is 0.265. The molecule has 0 amide bonds. The zero-order chi connectivity index (χ0) is 13.8. The van der Waals surface area contributed by atoms with Crippen molar-refractivity contribution in [3.05, 3.63) is 42.3 Å². The van der Waals surface area contributed by atoms with Gasteiger partial charge in [0.1, 0.15) is 11.6 Å². The van der Waals surface area contributed by atoms with Crippen LogP contribution in [-0.2, 0) is 4.74 Å².